The Morgan fingerprint density at radius 2 is 2.33 bits per heavy atom. The van der Waals surface area contributed by atoms with Gasteiger partial charge >= 0.3 is 0 Å². The molecule has 0 saturated heterocycles. The molecule has 0 aromatic carbocycles. The normalized spacial score (nSPS) is 9.17. The molecule has 0 atom stereocenters. The van der Waals surface area contributed by atoms with Crippen molar-refractivity contribution in [1.29, 1.82) is 5.26 Å². The average molecular weight is 182 g/mol. The van der Waals surface area contributed by atoms with Crippen LogP contribution >= 0.6 is 11.6 Å². The molecule has 62 valence electrons. The lowest BCUT2D eigenvalue weighted by Gasteiger charge is -2.04. The van der Waals surface area contributed by atoms with Gasteiger partial charge in [0.25, 0.3) is 0 Å². The van der Waals surface area contributed by atoms with Crippen LogP contribution in [0.2, 0.25) is 5.15 Å². The van der Waals surface area contributed by atoms with E-state index in [2.05, 4.69) is 16.4 Å². The zero-order valence-corrected chi connectivity index (χ0v) is 7.61. The van der Waals surface area contributed by atoms with Gasteiger partial charge in [-0.2, -0.15) is 5.26 Å². The van der Waals surface area contributed by atoms with Crippen LogP contribution in [-0.4, -0.2) is 12.0 Å². The number of hydrogen-bond donors (Lipinski definition) is 1. The number of aromatic nitrogens is 1. The molecule has 1 aromatic heterocycles. The van der Waals surface area contributed by atoms with E-state index in [1.54, 1.807) is 13.1 Å². The highest BCUT2D eigenvalue weighted by Crippen LogP contribution is 2.19. The van der Waals surface area contributed by atoms with E-state index < -0.39 is 0 Å². The second-order valence-corrected chi connectivity index (χ2v) is 2.73. The van der Waals surface area contributed by atoms with Gasteiger partial charge in [0, 0.05) is 7.05 Å². The predicted octanol–water partition coefficient (Wildman–Crippen LogP) is 1.96. The molecule has 3 nitrogen and oxygen atoms in total. The van der Waals surface area contributed by atoms with Crippen LogP contribution in [0.3, 0.4) is 0 Å². The zero-order valence-electron chi connectivity index (χ0n) is 6.85. The molecule has 4 heteroatoms. The first-order valence-electron chi connectivity index (χ1n) is 3.44. The summed E-state index contributed by atoms with van der Waals surface area (Å²) in [5.74, 6) is 0.530. The van der Waals surface area contributed by atoms with Gasteiger partial charge in [-0.05, 0) is 18.6 Å². The summed E-state index contributed by atoms with van der Waals surface area (Å²) in [7, 11) is 1.71. The molecule has 0 radical (unpaired) electrons. The average Bonchev–Trinajstić information content (AvgIpc) is 2.03. The molecule has 1 N–H and O–H groups in total. The fourth-order valence-electron chi connectivity index (χ4n) is 0.955. The molecule has 1 aromatic rings. The van der Waals surface area contributed by atoms with E-state index in [1.165, 1.54) is 0 Å². The van der Waals surface area contributed by atoms with Crippen LogP contribution in [0, 0.1) is 18.3 Å². The van der Waals surface area contributed by atoms with Crippen LogP contribution < -0.4 is 5.32 Å². The Morgan fingerprint density at radius 3 is 2.83 bits per heavy atom. The van der Waals surface area contributed by atoms with Gasteiger partial charge in [-0.3, -0.25) is 0 Å². The molecule has 0 saturated carbocycles. The summed E-state index contributed by atoms with van der Waals surface area (Å²) in [5, 5.41) is 12.0. The van der Waals surface area contributed by atoms with Gasteiger partial charge in [-0.1, -0.05) is 11.6 Å². The molecule has 0 aliphatic carbocycles. The Kier molecular flexibility index (Phi) is 2.51. The highest BCUT2D eigenvalue weighted by atomic mass is 35.5. The molecule has 1 rings (SSSR count). The minimum Gasteiger partial charge on any atom is -0.372 e. The van der Waals surface area contributed by atoms with E-state index in [-0.39, 0.29) is 0 Å². The van der Waals surface area contributed by atoms with Crippen molar-refractivity contribution in [2.75, 3.05) is 12.4 Å². The molecule has 0 amide bonds. The van der Waals surface area contributed by atoms with E-state index in [9.17, 15) is 0 Å². The van der Waals surface area contributed by atoms with Crippen molar-refractivity contribution in [1.82, 2.24) is 4.98 Å². The van der Waals surface area contributed by atoms with Gasteiger partial charge in [-0.15, -0.1) is 0 Å². The number of aryl methyl sites for hydroxylation is 1. The summed E-state index contributed by atoms with van der Waals surface area (Å²) >= 11 is 5.70. The standard InChI is InChI=1S/C8H8ClN3/c1-5-3-7(9)12-8(11-2)6(5)4-10/h3H,1-2H3,(H,11,12). The van der Waals surface area contributed by atoms with Gasteiger partial charge in [0.05, 0.1) is 5.56 Å². The van der Waals surface area contributed by atoms with Crippen molar-refractivity contribution >= 4 is 17.4 Å². The monoisotopic (exact) mass is 181 g/mol. The molecule has 0 fully saturated rings. The second-order valence-electron chi connectivity index (χ2n) is 2.35. The van der Waals surface area contributed by atoms with Crippen molar-refractivity contribution in [2.24, 2.45) is 0 Å². The third-order valence-corrected chi connectivity index (χ3v) is 1.73. The Morgan fingerprint density at radius 1 is 1.67 bits per heavy atom. The third-order valence-electron chi connectivity index (χ3n) is 1.53. The van der Waals surface area contributed by atoms with Crippen LogP contribution in [0.4, 0.5) is 5.82 Å². The van der Waals surface area contributed by atoms with Crippen LogP contribution in [0.25, 0.3) is 0 Å². The van der Waals surface area contributed by atoms with Gasteiger partial charge < -0.3 is 5.32 Å². The largest absolute Gasteiger partial charge is 0.372 e. The van der Waals surface area contributed by atoms with Gasteiger partial charge in [0.1, 0.15) is 17.0 Å². The lowest BCUT2D eigenvalue weighted by atomic mass is 10.1. The zero-order chi connectivity index (χ0) is 9.14. The van der Waals surface area contributed by atoms with E-state index >= 15 is 0 Å². The quantitative estimate of drug-likeness (QED) is 0.674. The van der Waals surface area contributed by atoms with Crippen LogP contribution in [-0.2, 0) is 0 Å². The van der Waals surface area contributed by atoms with Crippen molar-refractivity contribution in [3.05, 3.63) is 22.3 Å². The SMILES string of the molecule is CNc1nc(Cl)cc(C)c1C#N. The Bertz CT molecular complexity index is 341. The summed E-state index contributed by atoms with van der Waals surface area (Å²) in [6.07, 6.45) is 0. The number of nitriles is 1. The molecular weight excluding hydrogens is 174 g/mol. The number of nitrogens with zero attached hydrogens (tertiary/aromatic N) is 2. The summed E-state index contributed by atoms with van der Waals surface area (Å²) in [5.41, 5.74) is 1.38. The smallest absolute Gasteiger partial charge is 0.145 e. The van der Waals surface area contributed by atoms with Gasteiger partial charge in [0.2, 0.25) is 0 Å². The topological polar surface area (TPSA) is 48.7 Å². The highest BCUT2D eigenvalue weighted by Gasteiger charge is 2.06. The maximum absolute atomic E-state index is 8.75. The number of halogens is 1. The van der Waals surface area contributed by atoms with E-state index in [0.29, 0.717) is 16.5 Å². The van der Waals surface area contributed by atoms with Crippen molar-refractivity contribution in [3.8, 4) is 6.07 Å². The molecule has 0 aliphatic rings. The molecule has 0 bridgehead atoms. The molecule has 0 unspecified atom stereocenters. The minimum atomic E-state index is 0.399. The first kappa shape index (κ1) is 8.82. The fraction of sp³-hybridized carbons (Fsp3) is 0.250. The van der Waals surface area contributed by atoms with Crippen LogP contribution in [0.5, 0.6) is 0 Å². The van der Waals surface area contributed by atoms with Crippen molar-refractivity contribution in [3.63, 3.8) is 0 Å². The van der Waals surface area contributed by atoms with Crippen molar-refractivity contribution in [2.45, 2.75) is 6.92 Å². The highest BCUT2D eigenvalue weighted by molar-refractivity contribution is 6.29. The second kappa shape index (κ2) is 3.42. The Hall–Kier alpha value is -1.27. The number of anilines is 1. The number of nitrogens with one attached hydrogen (secondary N) is 1. The Labute approximate surface area is 76.0 Å². The first-order valence-corrected chi connectivity index (χ1v) is 3.82. The number of rotatable bonds is 1. The van der Waals surface area contributed by atoms with E-state index in [4.69, 9.17) is 16.9 Å². The first-order chi connectivity index (χ1) is 5.69. The summed E-state index contributed by atoms with van der Waals surface area (Å²) < 4.78 is 0. The molecule has 12 heavy (non-hydrogen) atoms. The van der Waals surface area contributed by atoms with Crippen LogP contribution in [0.15, 0.2) is 6.07 Å². The van der Waals surface area contributed by atoms with Gasteiger partial charge in [0.15, 0.2) is 0 Å². The molecular formula is C8H8ClN3. The summed E-state index contributed by atoms with van der Waals surface area (Å²) in [6.45, 7) is 1.83. The molecule has 0 aliphatic heterocycles. The number of pyridine rings is 1. The number of hydrogen-bond acceptors (Lipinski definition) is 3. The maximum atomic E-state index is 8.75. The molecule has 1 heterocycles. The van der Waals surface area contributed by atoms with Crippen LogP contribution in [0.1, 0.15) is 11.1 Å². The lowest BCUT2D eigenvalue weighted by molar-refractivity contribution is 1.23. The predicted molar refractivity (Wildman–Crippen MR) is 48.2 cm³/mol. The third kappa shape index (κ3) is 1.49. The molecule has 0 spiro atoms. The summed E-state index contributed by atoms with van der Waals surface area (Å²) in [4.78, 5) is 3.96. The lowest BCUT2D eigenvalue weighted by Crippen LogP contribution is -1.98. The minimum absolute atomic E-state index is 0.399. The maximum Gasteiger partial charge on any atom is 0.145 e. The van der Waals surface area contributed by atoms with E-state index in [0.717, 1.165) is 5.56 Å². The fourth-order valence-corrected chi connectivity index (χ4v) is 1.20. The summed E-state index contributed by atoms with van der Waals surface area (Å²) in [6, 6.07) is 3.73. The van der Waals surface area contributed by atoms with E-state index in [1.807, 2.05) is 6.92 Å². The van der Waals surface area contributed by atoms with Gasteiger partial charge in [-0.25, -0.2) is 4.98 Å². The Balaban J connectivity index is 3.36. The van der Waals surface area contributed by atoms with Crippen molar-refractivity contribution < 1.29 is 0 Å².